The first-order valence-corrected chi connectivity index (χ1v) is 6.34. The minimum Gasteiger partial charge on any atom is -0.481 e. The lowest BCUT2D eigenvalue weighted by molar-refractivity contribution is -0.384. The van der Waals surface area contributed by atoms with Gasteiger partial charge in [0.05, 0.1) is 10.8 Å². The van der Waals surface area contributed by atoms with Crippen LogP contribution in [0, 0.1) is 16.0 Å². The Morgan fingerprint density at radius 2 is 2.11 bits per heavy atom. The number of nitro benzene ring substituents is 1. The van der Waals surface area contributed by atoms with Crippen molar-refractivity contribution in [3.8, 4) is 0 Å². The number of carboxylic acids is 1. The van der Waals surface area contributed by atoms with Gasteiger partial charge in [-0.05, 0) is 25.3 Å². The summed E-state index contributed by atoms with van der Waals surface area (Å²) in [7, 11) is 0. The fourth-order valence-corrected chi connectivity index (χ4v) is 3.47. The van der Waals surface area contributed by atoms with Gasteiger partial charge in [0, 0.05) is 18.2 Å². The zero-order chi connectivity index (χ0) is 13.6. The molecule has 19 heavy (non-hydrogen) atoms. The number of hydrogen-bond acceptors (Lipinski definition) is 4. The number of nitrogens with zero attached hydrogens (tertiary/aromatic N) is 2. The predicted molar refractivity (Wildman–Crippen MR) is 68.1 cm³/mol. The van der Waals surface area contributed by atoms with Crippen molar-refractivity contribution in [2.24, 2.45) is 5.92 Å². The maximum Gasteiger partial charge on any atom is 0.308 e. The van der Waals surface area contributed by atoms with Crippen molar-refractivity contribution in [3.05, 3.63) is 34.4 Å². The highest BCUT2D eigenvalue weighted by Gasteiger charge is 2.50. The Hall–Kier alpha value is -2.11. The van der Waals surface area contributed by atoms with Crippen LogP contribution in [0.2, 0.25) is 0 Å². The molecule has 3 unspecified atom stereocenters. The second-order valence-electron chi connectivity index (χ2n) is 5.13. The lowest BCUT2D eigenvalue weighted by Gasteiger charge is -2.24. The van der Waals surface area contributed by atoms with Gasteiger partial charge in [0.25, 0.3) is 5.69 Å². The second-order valence-corrected chi connectivity index (χ2v) is 5.13. The molecule has 2 aliphatic heterocycles. The van der Waals surface area contributed by atoms with Crippen LogP contribution < -0.4 is 4.90 Å². The van der Waals surface area contributed by atoms with E-state index in [1.54, 1.807) is 18.2 Å². The van der Waals surface area contributed by atoms with Crippen LogP contribution in [-0.4, -0.2) is 28.1 Å². The number of benzene rings is 1. The zero-order valence-electron chi connectivity index (χ0n) is 10.2. The first kappa shape index (κ1) is 12.0. The van der Waals surface area contributed by atoms with Crippen LogP contribution >= 0.6 is 0 Å². The third kappa shape index (κ3) is 1.75. The Kier molecular flexibility index (Phi) is 2.66. The summed E-state index contributed by atoms with van der Waals surface area (Å²) in [4.78, 5) is 23.9. The lowest BCUT2D eigenvalue weighted by atomic mass is 9.89. The van der Waals surface area contributed by atoms with E-state index >= 15 is 0 Å². The molecular formula is C13H14N2O4. The van der Waals surface area contributed by atoms with Crippen molar-refractivity contribution in [3.63, 3.8) is 0 Å². The largest absolute Gasteiger partial charge is 0.481 e. The highest BCUT2D eigenvalue weighted by atomic mass is 16.6. The van der Waals surface area contributed by atoms with E-state index in [0.717, 1.165) is 12.8 Å². The molecule has 1 aromatic carbocycles. The molecule has 0 aromatic heterocycles. The van der Waals surface area contributed by atoms with Crippen molar-refractivity contribution in [2.45, 2.75) is 31.3 Å². The summed E-state index contributed by atoms with van der Waals surface area (Å²) < 4.78 is 0. The molecule has 3 rings (SSSR count). The molecule has 0 saturated carbocycles. The molecule has 100 valence electrons. The van der Waals surface area contributed by atoms with Crippen molar-refractivity contribution >= 4 is 17.3 Å². The van der Waals surface area contributed by atoms with E-state index in [2.05, 4.69) is 0 Å². The van der Waals surface area contributed by atoms with Gasteiger partial charge in [0.1, 0.15) is 5.69 Å². The number of carbonyl (C=O) groups is 1. The Morgan fingerprint density at radius 1 is 1.37 bits per heavy atom. The summed E-state index contributed by atoms with van der Waals surface area (Å²) in [6.07, 6.45) is 2.31. The average molecular weight is 262 g/mol. The third-order valence-corrected chi connectivity index (χ3v) is 4.21. The van der Waals surface area contributed by atoms with Gasteiger partial charge in [-0.15, -0.1) is 0 Å². The van der Waals surface area contributed by atoms with Crippen LogP contribution in [0.3, 0.4) is 0 Å². The maximum absolute atomic E-state index is 11.2. The van der Waals surface area contributed by atoms with E-state index in [-0.39, 0.29) is 17.8 Å². The van der Waals surface area contributed by atoms with Crippen LogP contribution in [0.25, 0.3) is 0 Å². The number of fused-ring (bicyclic) bond motifs is 2. The van der Waals surface area contributed by atoms with Gasteiger partial charge in [-0.1, -0.05) is 12.1 Å². The summed E-state index contributed by atoms with van der Waals surface area (Å²) in [6, 6.07) is 6.59. The SMILES string of the molecule is O=C(O)C1CC2CCC1N2c1ccccc1[N+](=O)[O-]. The van der Waals surface area contributed by atoms with Gasteiger partial charge in [-0.25, -0.2) is 0 Å². The molecule has 2 bridgehead atoms. The summed E-state index contributed by atoms with van der Waals surface area (Å²) in [5, 5.41) is 20.3. The number of hydrogen-bond donors (Lipinski definition) is 1. The van der Waals surface area contributed by atoms with Crippen molar-refractivity contribution < 1.29 is 14.8 Å². The number of aliphatic carboxylic acids is 1. The van der Waals surface area contributed by atoms with Gasteiger partial charge in [-0.3, -0.25) is 14.9 Å². The molecule has 3 atom stereocenters. The van der Waals surface area contributed by atoms with Crippen LogP contribution in [0.1, 0.15) is 19.3 Å². The first-order chi connectivity index (χ1) is 9.09. The van der Waals surface area contributed by atoms with E-state index in [1.807, 2.05) is 4.90 Å². The van der Waals surface area contributed by atoms with Crippen molar-refractivity contribution in [1.82, 2.24) is 0 Å². The molecule has 1 N–H and O–H groups in total. The molecular weight excluding hydrogens is 248 g/mol. The van der Waals surface area contributed by atoms with Crippen LogP contribution in [0.15, 0.2) is 24.3 Å². The van der Waals surface area contributed by atoms with Gasteiger partial charge in [0.2, 0.25) is 0 Å². The Bertz CT molecular complexity index is 545. The molecule has 2 aliphatic rings. The highest BCUT2D eigenvalue weighted by Crippen LogP contribution is 2.46. The molecule has 0 amide bonds. The quantitative estimate of drug-likeness (QED) is 0.665. The van der Waals surface area contributed by atoms with Crippen molar-refractivity contribution in [2.75, 3.05) is 4.90 Å². The molecule has 6 nitrogen and oxygen atoms in total. The van der Waals surface area contributed by atoms with E-state index in [0.29, 0.717) is 12.1 Å². The second kappa shape index (κ2) is 4.22. The van der Waals surface area contributed by atoms with Crippen LogP contribution in [-0.2, 0) is 4.79 Å². The number of carboxylic acid groups (broad SMARTS) is 1. The fourth-order valence-electron chi connectivity index (χ4n) is 3.47. The van der Waals surface area contributed by atoms with E-state index in [9.17, 15) is 20.0 Å². The summed E-state index contributed by atoms with van der Waals surface area (Å²) in [6.45, 7) is 0. The van der Waals surface area contributed by atoms with Crippen LogP contribution in [0.5, 0.6) is 0 Å². The monoisotopic (exact) mass is 262 g/mol. The molecule has 0 spiro atoms. The standard InChI is InChI=1S/C13H14N2O4/c16-13(17)9-7-8-5-6-10(9)14(8)11-3-1-2-4-12(11)15(18)19/h1-4,8-10H,5-7H2,(H,16,17). The van der Waals surface area contributed by atoms with Crippen molar-refractivity contribution in [1.29, 1.82) is 0 Å². The predicted octanol–water partition coefficient (Wildman–Crippen LogP) is 2.04. The summed E-state index contributed by atoms with van der Waals surface area (Å²) in [5.41, 5.74) is 0.620. The summed E-state index contributed by atoms with van der Waals surface area (Å²) >= 11 is 0. The van der Waals surface area contributed by atoms with E-state index in [4.69, 9.17) is 0 Å². The number of anilines is 1. The third-order valence-electron chi connectivity index (χ3n) is 4.21. The van der Waals surface area contributed by atoms with E-state index < -0.39 is 16.8 Å². The lowest BCUT2D eigenvalue weighted by Crippen LogP contribution is -2.33. The summed E-state index contributed by atoms with van der Waals surface area (Å²) in [5.74, 6) is -1.20. The average Bonchev–Trinajstić information content (AvgIpc) is 2.95. The molecule has 2 heterocycles. The minimum absolute atomic E-state index is 0.0606. The number of nitro groups is 1. The molecule has 1 aromatic rings. The first-order valence-electron chi connectivity index (χ1n) is 6.34. The normalized spacial score (nSPS) is 28.6. The van der Waals surface area contributed by atoms with Crippen LogP contribution in [0.4, 0.5) is 11.4 Å². The topological polar surface area (TPSA) is 83.7 Å². The molecule has 2 saturated heterocycles. The Balaban J connectivity index is 2.00. The smallest absolute Gasteiger partial charge is 0.308 e. The minimum atomic E-state index is -0.796. The fraction of sp³-hybridized carbons (Fsp3) is 0.462. The highest BCUT2D eigenvalue weighted by molar-refractivity contribution is 5.75. The Labute approximate surface area is 109 Å². The molecule has 2 fully saturated rings. The van der Waals surface area contributed by atoms with Gasteiger partial charge >= 0.3 is 5.97 Å². The molecule has 0 aliphatic carbocycles. The molecule has 0 radical (unpaired) electrons. The Morgan fingerprint density at radius 3 is 2.74 bits per heavy atom. The number of para-hydroxylation sites is 2. The maximum atomic E-state index is 11.2. The number of rotatable bonds is 3. The van der Waals surface area contributed by atoms with Gasteiger partial charge < -0.3 is 10.0 Å². The zero-order valence-corrected chi connectivity index (χ0v) is 10.2. The van der Waals surface area contributed by atoms with E-state index in [1.165, 1.54) is 6.07 Å². The molecule has 6 heteroatoms. The van der Waals surface area contributed by atoms with Gasteiger partial charge in [0.15, 0.2) is 0 Å². The van der Waals surface area contributed by atoms with Gasteiger partial charge in [-0.2, -0.15) is 0 Å².